The molecule has 6 heteroatoms. The highest BCUT2D eigenvalue weighted by molar-refractivity contribution is 9.10. The van der Waals surface area contributed by atoms with Crippen LogP contribution in [-0.2, 0) is 0 Å². The fraction of sp³-hybridized carbons (Fsp3) is 0.0667. The molecule has 0 atom stereocenters. The standard InChI is InChI=1S/C15H13BrN2O3/c1-18(13-5-3-2-4-10(13)15(20)21)14(19)11-8-9(17)6-7-12(11)16/h2-8H,17H2,1H3,(H,20,21). The first-order chi connectivity index (χ1) is 9.91. The van der Waals surface area contributed by atoms with Gasteiger partial charge in [-0.3, -0.25) is 4.79 Å². The number of nitrogens with two attached hydrogens (primary N) is 1. The first kappa shape index (κ1) is 15.1. The number of para-hydroxylation sites is 1. The highest BCUT2D eigenvalue weighted by Gasteiger charge is 2.20. The number of nitrogen functional groups attached to an aromatic ring is 1. The summed E-state index contributed by atoms with van der Waals surface area (Å²) in [5.74, 6) is -1.43. The maximum atomic E-state index is 12.5. The zero-order valence-corrected chi connectivity index (χ0v) is 12.8. The van der Waals surface area contributed by atoms with E-state index in [9.17, 15) is 14.7 Å². The van der Waals surface area contributed by atoms with Crippen molar-refractivity contribution in [2.45, 2.75) is 0 Å². The lowest BCUT2D eigenvalue weighted by Crippen LogP contribution is -2.28. The highest BCUT2D eigenvalue weighted by Crippen LogP contribution is 2.25. The van der Waals surface area contributed by atoms with Crippen LogP contribution in [0, 0.1) is 0 Å². The molecule has 1 amide bonds. The van der Waals surface area contributed by atoms with Crippen molar-refractivity contribution in [3.63, 3.8) is 0 Å². The van der Waals surface area contributed by atoms with Gasteiger partial charge in [0.05, 0.1) is 16.8 Å². The molecule has 0 aliphatic rings. The highest BCUT2D eigenvalue weighted by atomic mass is 79.9. The number of hydrogen-bond donors (Lipinski definition) is 2. The number of hydrogen-bond acceptors (Lipinski definition) is 3. The van der Waals surface area contributed by atoms with Crippen molar-refractivity contribution in [3.05, 3.63) is 58.1 Å². The summed E-state index contributed by atoms with van der Waals surface area (Å²) in [7, 11) is 1.53. The van der Waals surface area contributed by atoms with Crippen molar-refractivity contribution >= 4 is 39.2 Å². The van der Waals surface area contributed by atoms with Crippen molar-refractivity contribution in [1.29, 1.82) is 0 Å². The van der Waals surface area contributed by atoms with Gasteiger partial charge >= 0.3 is 5.97 Å². The van der Waals surface area contributed by atoms with E-state index in [-0.39, 0.29) is 11.5 Å². The number of carbonyl (C=O) groups excluding carboxylic acids is 1. The monoisotopic (exact) mass is 348 g/mol. The number of rotatable bonds is 3. The molecule has 0 spiro atoms. The number of amides is 1. The average molecular weight is 349 g/mol. The summed E-state index contributed by atoms with van der Waals surface area (Å²) in [5.41, 5.74) is 6.92. The van der Waals surface area contributed by atoms with Crippen LogP contribution in [0.15, 0.2) is 46.9 Å². The zero-order chi connectivity index (χ0) is 15.6. The molecule has 0 aliphatic heterocycles. The number of carboxylic acid groups (broad SMARTS) is 1. The van der Waals surface area contributed by atoms with Gasteiger partial charge in [0.1, 0.15) is 0 Å². The fourth-order valence-corrected chi connectivity index (χ4v) is 2.36. The number of anilines is 2. The largest absolute Gasteiger partial charge is 0.478 e. The van der Waals surface area contributed by atoms with Crippen LogP contribution < -0.4 is 10.6 Å². The van der Waals surface area contributed by atoms with Crippen molar-refractivity contribution in [2.75, 3.05) is 17.7 Å². The minimum absolute atomic E-state index is 0.0633. The smallest absolute Gasteiger partial charge is 0.337 e. The molecule has 0 unspecified atom stereocenters. The third kappa shape index (κ3) is 3.05. The van der Waals surface area contributed by atoms with E-state index < -0.39 is 5.97 Å². The molecule has 5 nitrogen and oxygen atoms in total. The van der Waals surface area contributed by atoms with Gasteiger partial charge in [0.25, 0.3) is 5.91 Å². The Morgan fingerprint density at radius 1 is 1.14 bits per heavy atom. The Kier molecular flexibility index (Phi) is 4.28. The summed E-state index contributed by atoms with van der Waals surface area (Å²) in [5, 5.41) is 9.20. The minimum Gasteiger partial charge on any atom is -0.478 e. The zero-order valence-electron chi connectivity index (χ0n) is 11.2. The van der Waals surface area contributed by atoms with E-state index >= 15 is 0 Å². The Hall–Kier alpha value is -2.34. The van der Waals surface area contributed by atoms with Gasteiger partial charge in [0.2, 0.25) is 0 Å². The molecule has 2 aromatic carbocycles. The maximum Gasteiger partial charge on any atom is 0.337 e. The molecule has 0 aromatic heterocycles. The predicted molar refractivity (Wildman–Crippen MR) is 84.7 cm³/mol. The molecule has 0 bridgehead atoms. The van der Waals surface area contributed by atoms with Gasteiger partial charge in [-0.2, -0.15) is 0 Å². The summed E-state index contributed by atoms with van der Waals surface area (Å²) in [4.78, 5) is 25.1. The van der Waals surface area contributed by atoms with Crippen LogP contribution >= 0.6 is 15.9 Å². The number of halogens is 1. The number of carbonyl (C=O) groups is 2. The second kappa shape index (κ2) is 5.97. The lowest BCUT2D eigenvalue weighted by molar-refractivity contribution is 0.0697. The van der Waals surface area contributed by atoms with Crippen molar-refractivity contribution in [2.24, 2.45) is 0 Å². The van der Waals surface area contributed by atoms with E-state index in [0.29, 0.717) is 21.4 Å². The van der Waals surface area contributed by atoms with Gasteiger partial charge in [-0.15, -0.1) is 0 Å². The number of nitrogens with zero attached hydrogens (tertiary/aromatic N) is 1. The van der Waals surface area contributed by atoms with E-state index in [1.165, 1.54) is 18.0 Å². The summed E-state index contributed by atoms with van der Waals surface area (Å²) in [6.45, 7) is 0. The molecule has 21 heavy (non-hydrogen) atoms. The Bertz CT molecular complexity index is 716. The van der Waals surface area contributed by atoms with Gasteiger partial charge in [-0.25, -0.2) is 4.79 Å². The molecule has 0 saturated carbocycles. The Balaban J connectivity index is 2.45. The van der Waals surface area contributed by atoms with Crippen molar-refractivity contribution in [1.82, 2.24) is 0 Å². The van der Waals surface area contributed by atoms with Crippen LogP contribution in [-0.4, -0.2) is 24.0 Å². The molecule has 0 heterocycles. The molecular weight excluding hydrogens is 336 g/mol. The molecule has 0 saturated heterocycles. The summed E-state index contributed by atoms with van der Waals surface area (Å²) in [6, 6.07) is 11.2. The van der Waals surface area contributed by atoms with Crippen molar-refractivity contribution < 1.29 is 14.7 Å². The van der Waals surface area contributed by atoms with E-state index in [2.05, 4.69) is 15.9 Å². The van der Waals surface area contributed by atoms with Gasteiger partial charge in [0, 0.05) is 17.2 Å². The quantitative estimate of drug-likeness (QED) is 0.835. The first-order valence-electron chi connectivity index (χ1n) is 6.07. The Morgan fingerprint density at radius 2 is 1.81 bits per heavy atom. The van der Waals surface area contributed by atoms with Gasteiger partial charge in [0.15, 0.2) is 0 Å². The third-order valence-corrected chi connectivity index (χ3v) is 3.71. The van der Waals surface area contributed by atoms with E-state index in [0.717, 1.165) is 0 Å². The lowest BCUT2D eigenvalue weighted by Gasteiger charge is -2.20. The van der Waals surface area contributed by atoms with Gasteiger partial charge in [-0.1, -0.05) is 12.1 Å². The number of aromatic carboxylic acids is 1. The Labute approximate surface area is 130 Å². The van der Waals surface area contributed by atoms with E-state index in [1.54, 1.807) is 36.4 Å². The number of benzene rings is 2. The topological polar surface area (TPSA) is 83.6 Å². The van der Waals surface area contributed by atoms with E-state index in [1.807, 2.05) is 0 Å². The van der Waals surface area contributed by atoms with Gasteiger partial charge in [-0.05, 0) is 46.3 Å². The summed E-state index contributed by atoms with van der Waals surface area (Å²) < 4.78 is 0.598. The second-order valence-corrected chi connectivity index (χ2v) is 5.28. The summed E-state index contributed by atoms with van der Waals surface area (Å²) >= 11 is 3.30. The molecule has 108 valence electrons. The summed E-state index contributed by atoms with van der Waals surface area (Å²) in [6.07, 6.45) is 0. The molecule has 2 aromatic rings. The average Bonchev–Trinajstić information content (AvgIpc) is 2.48. The molecule has 3 N–H and O–H groups in total. The maximum absolute atomic E-state index is 12.5. The lowest BCUT2D eigenvalue weighted by atomic mass is 10.1. The van der Waals surface area contributed by atoms with Crippen LogP contribution in [0.25, 0.3) is 0 Å². The van der Waals surface area contributed by atoms with Crippen LogP contribution in [0.1, 0.15) is 20.7 Å². The molecule has 2 rings (SSSR count). The first-order valence-corrected chi connectivity index (χ1v) is 6.86. The minimum atomic E-state index is -1.09. The normalized spacial score (nSPS) is 10.2. The number of carboxylic acids is 1. The van der Waals surface area contributed by atoms with Crippen LogP contribution in [0.4, 0.5) is 11.4 Å². The molecular formula is C15H13BrN2O3. The van der Waals surface area contributed by atoms with E-state index in [4.69, 9.17) is 5.73 Å². The second-order valence-electron chi connectivity index (χ2n) is 4.43. The molecule has 0 fully saturated rings. The Morgan fingerprint density at radius 3 is 2.48 bits per heavy atom. The van der Waals surface area contributed by atoms with Gasteiger partial charge < -0.3 is 15.7 Å². The molecule has 0 radical (unpaired) electrons. The van der Waals surface area contributed by atoms with Crippen LogP contribution in [0.3, 0.4) is 0 Å². The van der Waals surface area contributed by atoms with Crippen molar-refractivity contribution in [3.8, 4) is 0 Å². The van der Waals surface area contributed by atoms with Crippen LogP contribution in [0.5, 0.6) is 0 Å². The fourth-order valence-electron chi connectivity index (χ4n) is 1.94. The SMILES string of the molecule is CN(C(=O)c1cc(N)ccc1Br)c1ccccc1C(=O)O. The molecule has 0 aliphatic carbocycles. The third-order valence-electron chi connectivity index (χ3n) is 3.02. The predicted octanol–water partition coefficient (Wildman–Crippen LogP) is 3.01. The van der Waals surface area contributed by atoms with Crippen LogP contribution in [0.2, 0.25) is 0 Å².